The van der Waals surface area contributed by atoms with E-state index in [4.69, 9.17) is 11.6 Å². The predicted molar refractivity (Wildman–Crippen MR) is 101 cm³/mol. The summed E-state index contributed by atoms with van der Waals surface area (Å²) in [4.78, 5) is 21.4. The van der Waals surface area contributed by atoms with E-state index in [1.807, 2.05) is 22.9 Å². The summed E-state index contributed by atoms with van der Waals surface area (Å²) in [7, 11) is 2.19. The van der Waals surface area contributed by atoms with Crippen molar-refractivity contribution in [2.24, 2.45) is 0 Å². The summed E-state index contributed by atoms with van der Waals surface area (Å²) in [6.07, 6.45) is 11.8. The number of rotatable bonds is 2. The smallest absolute Gasteiger partial charge is 0.151 e. The number of pyridine rings is 2. The Bertz CT molecular complexity index is 856. The average Bonchev–Trinajstić information content (AvgIpc) is 3.06. The van der Waals surface area contributed by atoms with Crippen LogP contribution >= 0.6 is 11.6 Å². The molecule has 0 bridgehead atoms. The average molecular weight is 357 g/mol. The van der Waals surface area contributed by atoms with Gasteiger partial charge >= 0.3 is 0 Å². The van der Waals surface area contributed by atoms with Crippen LogP contribution in [0.4, 0.5) is 0 Å². The fourth-order valence-electron chi connectivity index (χ4n) is 2.90. The van der Waals surface area contributed by atoms with Gasteiger partial charge in [0.15, 0.2) is 6.29 Å². The maximum Gasteiger partial charge on any atom is 0.151 e. The second kappa shape index (κ2) is 8.23. The number of likely N-dealkylation sites (tertiary alicyclic amines) is 1. The number of fused-ring (bicyclic) bond motifs is 1. The molecule has 4 rings (SSSR count). The second-order valence-electron chi connectivity index (χ2n) is 6.21. The van der Waals surface area contributed by atoms with Gasteiger partial charge in [-0.1, -0.05) is 18.0 Å². The molecule has 25 heavy (non-hydrogen) atoms. The van der Waals surface area contributed by atoms with Crippen molar-refractivity contribution in [1.82, 2.24) is 19.4 Å². The number of nitrogens with zero attached hydrogens (tertiary/aromatic N) is 4. The first-order chi connectivity index (χ1) is 12.2. The lowest BCUT2D eigenvalue weighted by Crippen LogP contribution is -2.24. The minimum Gasteiger partial charge on any atom is -0.306 e. The molecule has 130 valence electrons. The maximum atomic E-state index is 10.7. The summed E-state index contributed by atoms with van der Waals surface area (Å²) in [6, 6.07) is 5.50. The number of aromatic nitrogens is 3. The molecule has 0 N–H and O–H groups in total. The molecule has 0 aromatic carbocycles. The van der Waals surface area contributed by atoms with Crippen molar-refractivity contribution >= 4 is 28.9 Å². The highest BCUT2D eigenvalue weighted by Gasteiger charge is 2.06. The first-order valence-corrected chi connectivity index (χ1v) is 8.77. The van der Waals surface area contributed by atoms with E-state index >= 15 is 0 Å². The molecule has 3 aromatic rings. The molecule has 6 heteroatoms. The van der Waals surface area contributed by atoms with Gasteiger partial charge in [0.25, 0.3) is 0 Å². The van der Waals surface area contributed by atoms with E-state index in [-0.39, 0.29) is 0 Å². The van der Waals surface area contributed by atoms with Crippen LogP contribution < -0.4 is 0 Å². The van der Waals surface area contributed by atoms with Gasteiger partial charge < -0.3 is 4.90 Å². The molecule has 1 fully saturated rings. The molecule has 5 nitrogen and oxygen atoms in total. The van der Waals surface area contributed by atoms with Gasteiger partial charge in [0, 0.05) is 29.5 Å². The number of carbonyl (C=O) groups excluding carboxylic acids is 1. The summed E-state index contributed by atoms with van der Waals surface area (Å²) < 4.78 is 1.88. The van der Waals surface area contributed by atoms with Crippen molar-refractivity contribution in [2.75, 3.05) is 20.1 Å². The van der Waals surface area contributed by atoms with E-state index in [2.05, 4.69) is 21.9 Å². The largest absolute Gasteiger partial charge is 0.306 e. The molecule has 0 saturated carbocycles. The zero-order chi connectivity index (χ0) is 17.6. The lowest BCUT2D eigenvalue weighted by atomic mass is 10.1. The number of piperidine rings is 1. The zero-order valence-electron chi connectivity index (χ0n) is 14.2. The van der Waals surface area contributed by atoms with Gasteiger partial charge in [-0.05, 0) is 51.2 Å². The zero-order valence-corrected chi connectivity index (χ0v) is 15.0. The Kier molecular flexibility index (Phi) is 5.79. The van der Waals surface area contributed by atoms with E-state index in [9.17, 15) is 4.79 Å². The third-order valence-electron chi connectivity index (χ3n) is 4.23. The van der Waals surface area contributed by atoms with Gasteiger partial charge in [-0.25, -0.2) is 4.98 Å². The summed E-state index contributed by atoms with van der Waals surface area (Å²) in [6.45, 7) is 2.64. The van der Waals surface area contributed by atoms with Crippen molar-refractivity contribution in [3.05, 3.63) is 53.6 Å². The number of halogens is 1. The summed E-state index contributed by atoms with van der Waals surface area (Å²) in [5.74, 6) is 0. The fourth-order valence-corrected chi connectivity index (χ4v) is 3.07. The Morgan fingerprint density at radius 2 is 1.92 bits per heavy atom. The molecule has 0 unspecified atom stereocenters. The van der Waals surface area contributed by atoms with Crippen LogP contribution in [0.5, 0.6) is 0 Å². The molecule has 0 aliphatic carbocycles. The minimum absolute atomic E-state index is 0.560. The van der Waals surface area contributed by atoms with Gasteiger partial charge in [-0.15, -0.1) is 0 Å². The van der Waals surface area contributed by atoms with Crippen LogP contribution in [0.25, 0.3) is 16.7 Å². The van der Waals surface area contributed by atoms with E-state index in [1.54, 1.807) is 24.7 Å². The van der Waals surface area contributed by atoms with E-state index in [0.29, 0.717) is 10.6 Å². The topological polar surface area (TPSA) is 51.0 Å². The monoisotopic (exact) mass is 356 g/mol. The van der Waals surface area contributed by atoms with Crippen LogP contribution in [-0.2, 0) is 0 Å². The molecule has 0 radical (unpaired) electrons. The number of aldehydes is 1. The van der Waals surface area contributed by atoms with E-state index < -0.39 is 0 Å². The standard InChI is InChI=1S/C13H8ClN3O.C6H13N/c14-11-4-12(7-15-6-11)17-2-1-10-3-9(8-18)5-16-13(10)17;1-7-5-3-2-4-6-7/h1-8H;2-6H2,1H3. The Balaban J connectivity index is 0.000000219. The van der Waals surface area contributed by atoms with Crippen molar-refractivity contribution < 1.29 is 4.79 Å². The normalized spacial score (nSPS) is 14.8. The summed E-state index contributed by atoms with van der Waals surface area (Å²) in [5, 5.41) is 1.47. The molecular formula is C19H21ClN4O. The van der Waals surface area contributed by atoms with Crippen LogP contribution in [0, 0.1) is 0 Å². The quantitative estimate of drug-likeness (QED) is 0.651. The van der Waals surface area contributed by atoms with Crippen molar-refractivity contribution in [1.29, 1.82) is 0 Å². The summed E-state index contributed by atoms with van der Waals surface area (Å²) in [5.41, 5.74) is 2.16. The van der Waals surface area contributed by atoms with E-state index in [0.717, 1.165) is 23.0 Å². The van der Waals surface area contributed by atoms with Gasteiger partial charge in [0.05, 0.1) is 16.9 Å². The molecule has 1 aliphatic heterocycles. The number of carbonyl (C=O) groups is 1. The van der Waals surface area contributed by atoms with Crippen molar-refractivity contribution in [3.63, 3.8) is 0 Å². The Morgan fingerprint density at radius 1 is 1.12 bits per heavy atom. The third-order valence-corrected chi connectivity index (χ3v) is 4.44. The molecule has 1 aliphatic rings. The third kappa shape index (κ3) is 4.44. The van der Waals surface area contributed by atoms with Crippen LogP contribution in [0.1, 0.15) is 29.6 Å². The molecule has 0 atom stereocenters. The first kappa shape index (κ1) is 17.6. The van der Waals surface area contributed by atoms with E-state index in [1.165, 1.54) is 32.4 Å². The summed E-state index contributed by atoms with van der Waals surface area (Å²) >= 11 is 5.92. The van der Waals surface area contributed by atoms with Gasteiger partial charge in [-0.3, -0.25) is 14.3 Å². The highest BCUT2D eigenvalue weighted by molar-refractivity contribution is 6.30. The molecular weight excluding hydrogens is 336 g/mol. The number of hydrogen-bond donors (Lipinski definition) is 0. The van der Waals surface area contributed by atoms with Crippen LogP contribution in [0.15, 0.2) is 43.0 Å². The van der Waals surface area contributed by atoms with Gasteiger partial charge in [0.1, 0.15) is 5.65 Å². The predicted octanol–water partition coefficient (Wildman–Crippen LogP) is 3.99. The van der Waals surface area contributed by atoms with Gasteiger partial charge in [-0.2, -0.15) is 0 Å². The number of hydrogen-bond acceptors (Lipinski definition) is 4. The molecule has 3 aromatic heterocycles. The minimum atomic E-state index is 0.560. The Labute approximate surface area is 152 Å². The van der Waals surface area contributed by atoms with Crippen LogP contribution in [0.3, 0.4) is 0 Å². The van der Waals surface area contributed by atoms with Crippen molar-refractivity contribution in [2.45, 2.75) is 19.3 Å². The van der Waals surface area contributed by atoms with Crippen LogP contribution in [-0.4, -0.2) is 45.9 Å². The van der Waals surface area contributed by atoms with Gasteiger partial charge in [0.2, 0.25) is 0 Å². The maximum absolute atomic E-state index is 10.7. The Morgan fingerprint density at radius 3 is 2.56 bits per heavy atom. The molecule has 1 saturated heterocycles. The van der Waals surface area contributed by atoms with Crippen LogP contribution in [0.2, 0.25) is 5.02 Å². The lowest BCUT2D eigenvalue weighted by Gasteiger charge is -2.20. The Hall–Kier alpha value is -2.24. The van der Waals surface area contributed by atoms with Crippen molar-refractivity contribution in [3.8, 4) is 5.69 Å². The SMILES string of the molecule is CN1CCCCC1.O=Cc1cnc2c(ccn2-c2cncc(Cl)c2)c1. The molecule has 4 heterocycles. The second-order valence-corrected chi connectivity index (χ2v) is 6.65. The first-order valence-electron chi connectivity index (χ1n) is 8.39. The molecule has 0 amide bonds. The highest BCUT2D eigenvalue weighted by Crippen LogP contribution is 2.20. The fraction of sp³-hybridized carbons (Fsp3) is 0.316. The molecule has 0 spiro atoms. The highest BCUT2D eigenvalue weighted by atomic mass is 35.5. The lowest BCUT2D eigenvalue weighted by molar-refractivity contribution is 0.112.